The number of halogens is 2. The molecule has 0 radical (unpaired) electrons. The summed E-state index contributed by atoms with van der Waals surface area (Å²) in [5, 5.41) is 1.46. The van der Waals surface area contributed by atoms with E-state index < -0.39 is 16.1 Å². The molecule has 3 heterocycles. The van der Waals surface area contributed by atoms with Crippen LogP contribution in [0.2, 0.25) is 10.0 Å². The van der Waals surface area contributed by atoms with Crippen molar-refractivity contribution in [2.24, 2.45) is 0 Å². The minimum absolute atomic E-state index is 0.104. The van der Waals surface area contributed by atoms with Gasteiger partial charge in [0, 0.05) is 24.0 Å². The first-order chi connectivity index (χ1) is 17.3. The molecule has 1 saturated heterocycles. The van der Waals surface area contributed by atoms with Gasteiger partial charge in [-0.1, -0.05) is 46.7 Å². The number of aromatic nitrogens is 2. The number of carbonyl (C=O) groups excluding carboxylic acids is 1. The van der Waals surface area contributed by atoms with E-state index >= 15 is 0 Å². The topological polar surface area (TPSA) is 83.5 Å². The zero-order valence-electron chi connectivity index (χ0n) is 19.3. The Morgan fingerprint density at radius 3 is 2.64 bits per heavy atom. The van der Waals surface area contributed by atoms with Crippen molar-refractivity contribution in [3.8, 4) is 0 Å². The average molecular weight is 562 g/mol. The Kier molecular flexibility index (Phi) is 7.02. The Bertz CT molecular complexity index is 1490. The fourth-order valence-corrected chi connectivity index (χ4v) is 7.41. The van der Waals surface area contributed by atoms with Gasteiger partial charge in [-0.05, 0) is 67.3 Å². The van der Waals surface area contributed by atoms with Crippen LogP contribution in [-0.4, -0.2) is 41.2 Å². The van der Waals surface area contributed by atoms with E-state index in [1.165, 1.54) is 39.9 Å². The van der Waals surface area contributed by atoms with Crippen molar-refractivity contribution in [1.82, 2.24) is 14.3 Å². The van der Waals surface area contributed by atoms with E-state index in [0.29, 0.717) is 28.0 Å². The SMILES string of the molecule is Cc1ccc(Cl)c2sc(N(Cc3cccnc3)C(=O)C3CCCN3S(=O)(=O)c3ccc(Cl)cc3)nc12. The number of pyridine rings is 1. The molecule has 36 heavy (non-hydrogen) atoms. The van der Waals surface area contributed by atoms with Crippen LogP contribution in [0.5, 0.6) is 0 Å². The predicted octanol–water partition coefficient (Wildman–Crippen LogP) is 5.69. The van der Waals surface area contributed by atoms with E-state index in [-0.39, 0.29) is 23.9 Å². The van der Waals surface area contributed by atoms with Gasteiger partial charge in [-0.3, -0.25) is 14.7 Å². The van der Waals surface area contributed by atoms with Crippen molar-refractivity contribution < 1.29 is 13.2 Å². The highest BCUT2D eigenvalue weighted by Gasteiger charge is 2.42. The lowest BCUT2D eigenvalue weighted by Crippen LogP contribution is -2.47. The van der Waals surface area contributed by atoms with Gasteiger partial charge in [0.15, 0.2) is 5.13 Å². The molecule has 1 atom stereocenters. The molecule has 11 heteroatoms. The summed E-state index contributed by atoms with van der Waals surface area (Å²) in [4.78, 5) is 24.6. The highest BCUT2D eigenvalue weighted by Crippen LogP contribution is 2.37. The maximum atomic E-state index is 14.1. The molecule has 2 aromatic carbocycles. The summed E-state index contributed by atoms with van der Waals surface area (Å²) in [7, 11) is -3.90. The third-order valence-electron chi connectivity index (χ3n) is 6.16. The van der Waals surface area contributed by atoms with E-state index in [0.717, 1.165) is 21.3 Å². The average Bonchev–Trinajstić information content (AvgIpc) is 3.54. The summed E-state index contributed by atoms with van der Waals surface area (Å²) < 4.78 is 29.0. The number of sulfonamides is 1. The number of rotatable bonds is 6. The van der Waals surface area contributed by atoms with Gasteiger partial charge in [0.05, 0.1) is 26.7 Å². The molecule has 186 valence electrons. The zero-order valence-corrected chi connectivity index (χ0v) is 22.4. The van der Waals surface area contributed by atoms with Crippen LogP contribution in [0.4, 0.5) is 5.13 Å². The van der Waals surface area contributed by atoms with E-state index in [9.17, 15) is 13.2 Å². The van der Waals surface area contributed by atoms with Gasteiger partial charge in [0.1, 0.15) is 6.04 Å². The third kappa shape index (κ3) is 4.73. The van der Waals surface area contributed by atoms with Crippen LogP contribution in [0.1, 0.15) is 24.0 Å². The summed E-state index contributed by atoms with van der Waals surface area (Å²) >= 11 is 13.7. The van der Waals surface area contributed by atoms with Crippen molar-refractivity contribution in [3.63, 3.8) is 0 Å². The Morgan fingerprint density at radius 2 is 1.94 bits per heavy atom. The largest absolute Gasteiger partial charge is 0.282 e. The van der Waals surface area contributed by atoms with Gasteiger partial charge in [-0.25, -0.2) is 13.4 Å². The molecule has 1 aliphatic heterocycles. The molecular weight excluding hydrogens is 539 g/mol. The second-order valence-corrected chi connectivity index (χ2v) is 12.3. The van der Waals surface area contributed by atoms with Crippen molar-refractivity contribution in [1.29, 1.82) is 0 Å². The molecule has 2 aromatic heterocycles. The number of fused-ring (bicyclic) bond motifs is 1. The second-order valence-electron chi connectivity index (χ2n) is 8.55. The highest BCUT2D eigenvalue weighted by atomic mass is 35.5. The van der Waals surface area contributed by atoms with E-state index in [4.69, 9.17) is 28.2 Å². The van der Waals surface area contributed by atoms with E-state index in [2.05, 4.69) is 4.98 Å². The fourth-order valence-electron chi connectivity index (χ4n) is 4.32. The molecule has 1 aliphatic rings. The summed E-state index contributed by atoms with van der Waals surface area (Å²) in [6.45, 7) is 2.40. The second kappa shape index (κ2) is 10.1. The number of benzene rings is 2. The molecule has 0 N–H and O–H groups in total. The lowest BCUT2D eigenvalue weighted by molar-refractivity contribution is -0.121. The summed E-state index contributed by atoms with van der Waals surface area (Å²) in [6, 6.07) is 12.5. The minimum Gasteiger partial charge on any atom is -0.282 e. The number of hydrogen-bond donors (Lipinski definition) is 0. The molecule has 7 nitrogen and oxygen atoms in total. The number of carbonyl (C=O) groups is 1. The lowest BCUT2D eigenvalue weighted by Gasteiger charge is -2.28. The quantitative estimate of drug-likeness (QED) is 0.302. The first-order valence-corrected chi connectivity index (χ1v) is 14.3. The van der Waals surface area contributed by atoms with E-state index in [1.54, 1.807) is 23.4 Å². The molecule has 5 rings (SSSR count). The number of aryl methyl sites for hydroxylation is 1. The van der Waals surface area contributed by atoms with Crippen molar-refractivity contribution in [2.45, 2.75) is 37.2 Å². The maximum absolute atomic E-state index is 14.1. The fraction of sp³-hybridized carbons (Fsp3) is 0.240. The molecule has 1 fully saturated rings. The Hall–Kier alpha value is -2.56. The molecule has 0 spiro atoms. The highest BCUT2D eigenvalue weighted by molar-refractivity contribution is 7.89. The minimum atomic E-state index is -3.90. The van der Waals surface area contributed by atoms with Crippen molar-refractivity contribution >= 4 is 65.8 Å². The molecular formula is C25H22Cl2N4O3S2. The standard InChI is InChI=1S/C25H22Cl2N4O3S2/c1-16-6-11-20(27)23-22(16)29-25(35-23)30(15-17-4-2-12-28-14-17)24(32)21-5-3-13-31(21)36(33,34)19-9-7-18(26)8-10-19/h2,4,6-12,14,21H,3,5,13,15H2,1H3. The van der Waals surface area contributed by atoms with Gasteiger partial charge < -0.3 is 0 Å². The number of hydrogen-bond acceptors (Lipinski definition) is 6. The Balaban J connectivity index is 1.55. The van der Waals surface area contributed by atoms with Crippen molar-refractivity contribution in [3.05, 3.63) is 82.1 Å². The van der Waals surface area contributed by atoms with Gasteiger partial charge >= 0.3 is 0 Å². The van der Waals surface area contributed by atoms with Crippen LogP contribution < -0.4 is 4.90 Å². The number of thiazole rings is 1. The van der Waals surface area contributed by atoms with Gasteiger partial charge in [-0.15, -0.1) is 0 Å². The number of anilines is 1. The molecule has 0 saturated carbocycles. The Labute approximate surface area is 223 Å². The van der Waals surface area contributed by atoms with Crippen molar-refractivity contribution in [2.75, 3.05) is 11.4 Å². The first kappa shape index (κ1) is 25.1. The monoisotopic (exact) mass is 560 g/mol. The summed E-state index contributed by atoms with van der Waals surface area (Å²) in [6.07, 6.45) is 4.34. The lowest BCUT2D eigenvalue weighted by atomic mass is 10.2. The molecule has 1 unspecified atom stereocenters. The normalized spacial score (nSPS) is 16.5. The molecule has 1 amide bonds. The van der Waals surface area contributed by atoms with Crippen LogP contribution in [0, 0.1) is 6.92 Å². The summed E-state index contributed by atoms with van der Waals surface area (Å²) in [5.41, 5.74) is 2.47. The van der Waals surface area contributed by atoms with Crippen LogP contribution in [-0.2, 0) is 21.4 Å². The zero-order chi connectivity index (χ0) is 25.4. The predicted molar refractivity (Wildman–Crippen MR) is 143 cm³/mol. The van der Waals surface area contributed by atoms with Crippen LogP contribution >= 0.6 is 34.5 Å². The van der Waals surface area contributed by atoms with Gasteiger partial charge in [0.2, 0.25) is 15.9 Å². The Morgan fingerprint density at radius 1 is 1.17 bits per heavy atom. The first-order valence-electron chi connectivity index (χ1n) is 11.3. The number of amides is 1. The number of nitrogens with zero attached hydrogens (tertiary/aromatic N) is 4. The third-order valence-corrected chi connectivity index (χ3v) is 9.87. The van der Waals surface area contributed by atoms with E-state index in [1.807, 2.05) is 25.1 Å². The molecule has 0 bridgehead atoms. The summed E-state index contributed by atoms with van der Waals surface area (Å²) in [5.74, 6) is -0.332. The van der Waals surface area contributed by atoms with Crippen LogP contribution in [0.3, 0.4) is 0 Å². The maximum Gasteiger partial charge on any atom is 0.247 e. The van der Waals surface area contributed by atoms with Crippen LogP contribution in [0.15, 0.2) is 65.8 Å². The van der Waals surface area contributed by atoms with Crippen LogP contribution in [0.25, 0.3) is 10.2 Å². The molecule has 0 aliphatic carbocycles. The van der Waals surface area contributed by atoms with Gasteiger partial charge in [-0.2, -0.15) is 4.31 Å². The van der Waals surface area contributed by atoms with Gasteiger partial charge in [0.25, 0.3) is 0 Å². The smallest absolute Gasteiger partial charge is 0.247 e. The molecule has 4 aromatic rings.